The van der Waals surface area contributed by atoms with Gasteiger partial charge >= 0.3 is 0 Å². The molecule has 1 atom stereocenters. The Balaban J connectivity index is 2.37. The molecule has 2 aromatic heterocycles. The lowest BCUT2D eigenvalue weighted by Gasteiger charge is -2.11. The summed E-state index contributed by atoms with van der Waals surface area (Å²) >= 11 is 1.76. The lowest BCUT2D eigenvalue weighted by atomic mass is 10.1. The standard InChI is InChI=1S/C13H16N2S/c1-8-6-11(7-9(2)15-8)13(14)12-5-4-10(3)16-12/h4-7,13H,14H2,1-3H3. The van der Waals surface area contributed by atoms with Crippen LogP contribution in [0.25, 0.3) is 0 Å². The number of rotatable bonds is 2. The first-order chi connectivity index (χ1) is 7.56. The minimum Gasteiger partial charge on any atom is -0.320 e. The van der Waals surface area contributed by atoms with E-state index in [-0.39, 0.29) is 6.04 Å². The van der Waals surface area contributed by atoms with Crippen LogP contribution in [-0.2, 0) is 0 Å². The van der Waals surface area contributed by atoms with Gasteiger partial charge in [-0.1, -0.05) is 0 Å². The van der Waals surface area contributed by atoms with Crippen LogP contribution in [0.4, 0.5) is 0 Å². The summed E-state index contributed by atoms with van der Waals surface area (Å²) in [6, 6.07) is 8.31. The molecule has 0 aliphatic heterocycles. The lowest BCUT2D eigenvalue weighted by molar-refractivity contribution is 0.879. The van der Waals surface area contributed by atoms with E-state index in [1.165, 1.54) is 9.75 Å². The summed E-state index contributed by atoms with van der Waals surface area (Å²) in [7, 11) is 0. The molecule has 0 saturated carbocycles. The largest absolute Gasteiger partial charge is 0.320 e. The predicted octanol–water partition coefficient (Wildman–Crippen LogP) is 3.12. The molecule has 1 unspecified atom stereocenters. The molecule has 0 saturated heterocycles. The van der Waals surface area contributed by atoms with E-state index in [2.05, 4.69) is 36.2 Å². The summed E-state index contributed by atoms with van der Waals surface area (Å²) in [5, 5.41) is 0. The van der Waals surface area contributed by atoms with Crippen molar-refractivity contribution in [2.45, 2.75) is 26.8 Å². The monoisotopic (exact) mass is 232 g/mol. The second-order valence-electron chi connectivity index (χ2n) is 4.11. The van der Waals surface area contributed by atoms with Crippen LogP contribution in [0.5, 0.6) is 0 Å². The molecule has 2 nitrogen and oxygen atoms in total. The van der Waals surface area contributed by atoms with Crippen LogP contribution >= 0.6 is 11.3 Å². The van der Waals surface area contributed by atoms with Crippen molar-refractivity contribution in [3.63, 3.8) is 0 Å². The summed E-state index contributed by atoms with van der Waals surface area (Å²) in [6.07, 6.45) is 0. The minimum absolute atomic E-state index is 0.0286. The maximum Gasteiger partial charge on any atom is 0.0647 e. The van der Waals surface area contributed by atoms with Gasteiger partial charge in [-0.15, -0.1) is 11.3 Å². The molecule has 2 rings (SSSR count). The molecule has 0 radical (unpaired) electrons. The molecule has 0 amide bonds. The summed E-state index contributed by atoms with van der Waals surface area (Å²) in [4.78, 5) is 6.87. The predicted molar refractivity (Wildman–Crippen MR) is 68.8 cm³/mol. The molecule has 0 spiro atoms. The van der Waals surface area contributed by atoms with E-state index < -0.39 is 0 Å². The fourth-order valence-corrected chi connectivity index (χ4v) is 2.74. The molecule has 0 aliphatic rings. The molecule has 0 aliphatic carbocycles. The fraction of sp³-hybridized carbons (Fsp3) is 0.308. The van der Waals surface area contributed by atoms with E-state index in [1.54, 1.807) is 11.3 Å². The SMILES string of the molecule is Cc1cc(C(N)c2ccc(C)s2)cc(C)n1. The molecule has 0 bridgehead atoms. The number of pyridine rings is 1. The number of aromatic nitrogens is 1. The third kappa shape index (κ3) is 2.31. The molecule has 0 fully saturated rings. The van der Waals surface area contributed by atoms with Crippen molar-refractivity contribution in [3.8, 4) is 0 Å². The van der Waals surface area contributed by atoms with E-state index in [0.29, 0.717) is 0 Å². The van der Waals surface area contributed by atoms with Gasteiger partial charge in [0, 0.05) is 21.1 Å². The molecule has 2 aromatic rings. The normalized spacial score (nSPS) is 12.8. The Bertz CT molecular complexity index is 482. The van der Waals surface area contributed by atoms with Gasteiger partial charge in [0.25, 0.3) is 0 Å². The number of aryl methyl sites for hydroxylation is 3. The average molecular weight is 232 g/mol. The molecule has 2 N–H and O–H groups in total. The van der Waals surface area contributed by atoms with Crippen molar-refractivity contribution >= 4 is 11.3 Å². The van der Waals surface area contributed by atoms with Crippen molar-refractivity contribution in [1.82, 2.24) is 4.98 Å². The van der Waals surface area contributed by atoms with Crippen LogP contribution < -0.4 is 5.73 Å². The average Bonchev–Trinajstić information content (AvgIpc) is 2.62. The quantitative estimate of drug-likeness (QED) is 0.864. The van der Waals surface area contributed by atoms with Gasteiger partial charge in [-0.2, -0.15) is 0 Å². The van der Waals surface area contributed by atoms with E-state index in [0.717, 1.165) is 17.0 Å². The smallest absolute Gasteiger partial charge is 0.0647 e. The van der Waals surface area contributed by atoms with Crippen LogP contribution in [0.1, 0.15) is 32.7 Å². The fourth-order valence-electron chi connectivity index (χ4n) is 1.83. The molecular weight excluding hydrogens is 216 g/mol. The molecular formula is C13H16N2S. The zero-order valence-electron chi connectivity index (χ0n) is 9.82. The molecule has 3 heteroatoms. The Labute approximate surface area is 100 Å². The Morgan fingerprint density at radius 2 is 1.75 bits per heavy atom. The Morgan fingerprint density at radius 3 is 2.25 bits per heavy atom. The molecule has 84 valence electrons. The van der Waals surface area contributed by atoms with Crippen LogP contribution in [0.15, 0.2) is 24.3 Å². The molecule has 16 heavy (non-hydrogen) atoms. The van der Waals surface area contributed by atoms with E-state index in [1.807, 2.05) is 13.8 Å². The summed E-state index contributed by atoms with van der Waals surface area (Å²) in [5.41, 5.74) is 9.45. The van der Waals surface area contributed by atoms with Gasteiger partial charge in [0.1, 0.15) is 0 Å². The number of thiophene rings is 1. The number of nitrogens with two attached hydrogens (primary N) is 1. The highest BCUT2D eigenvalue weighted by atomic mass is 32.1. The Hall–Kier alpha value is -1.19. The van der Waals surface area contributed by atoms with Crippen molar-refractivity contribution in [2.24, 2.45) is 5.73 Å². The van der Waals surface area contributed by atoms with Crippen molar-refractivity contribution in [1.29, 1.82) is 0 Å². The van der Waals surface area contributed by atoms with Gasteiger partial charge in [-0.3, -0.25) is 4.98 Å². The maximum atomic E-state index is 6.25. The van der Waals surface area contributed by atoms with Gasteiger partial charge in [-0.25, -0.2) is 0 Å². The highest BCUT2D eigenvalue weighted by molar-refractivity contribution is 7.12. The molecule has 0 aromatic carbocycles. The van der Waals surface area contributed by atoms with Crippen LogP contribution in [0.3, 0.4) is 0 Å². The number of hydrogen-bond donors (Lipinski definition) is 1. The summed E-state index contributed by atoms with van der Waals surface area (Å²) < 4.78 is 0. The summed E-state index contributed by atoms with van der Waals surface area (Å²) in [6.45, 7) is 6.11. The Morgan fingerprint density at radius 1 is 1.12 bits per heavy atom. The first kappa shape index (κ1) is 11.3. The first-order valence-corrected chi connectivity index (χ1v) is 6.15. The van der Waals surface area contributed by atoms with E-state index in [4.69, 9.17) is 5.73 Å². The Kier molecular flexibility index (Phi) is 3.08. The van der Waals surface area contributed by atoms with Gasteiger partial charge in [-0.05, 0) is 50.6 Å². The first-order valence-electron chi connectivity index (χ1n) is 5.33. The highest BCUT2D eigenvalue weighted by Crippen LogP contribution is 2.26. The lowest BCUT2D eigenvalue weighted by Crippen LogP contribution is -2.11. The summed E-state index contributed by atoms with van der Waals surface area (Å²) in [5.74, 6) is 0. The number of nitrogens with zero attached hydrogens (tertiary/aromatic N) is 1. The minimum atomic E-state index is -0.0286. The van der Waals surface area contributed by atoms with Crippen LogP contribution in [-0.4, -0.2) is 4.98 Å². The third-order valence-corrected chi connectivity index (χ3v) is 3.61. The maximum absolute atomic E-state index is 6.25. The van der Waals surface area contributed by atoms with Gasteiger partial charge in [0.2, 0.25) is 0 Å². The van der Waals surface area contributed by atoms with Gasteiger partial charge < -0.3 is 5.73 Å². The van der Waals surface area contributed by atoms with Crippen molar-refractivity contribution in [2.75, 3.05) is 0 Å². The van der Waals surface area contributed by atoms with Gasteiger partial charge in [0.15, 0.2) is 0 Å². The molecule has 2 heterocycles. The second kappa shape index (κ2) is 4.36. The van der Waals surface area contributed by atoms with Crippen molar-refractivity contribution < 1.29 is 0 Å². The van der Waals surface area contributed by atoms with Crippen LogP contribution in [0.2, 0.25) is 0 Å². The highest BCUT2D eigenvalue weighted by Gasteiger charge is 2.11. The van der Waals surface area contributed by atoms with Crippen LogP contribution in [0, 0.1) is 20.8 Å². The zero-order valence-corrected chi connectivity index (χ0v) is 10.6. The van der Waals surface area contributed by atoms with Gasteiger partial charge in [0.05, 0.1) is 6.04 Å². The van der Waals surface area contributed by atoms with E-state index in [9.17, 15) is 0 Å². The number of hydrogen-bond acceptors (Lipinski definition) is 3. The van der Waals surface area contributed by atoms with Crippen molar-refractivity contribution in [3.05, 3.63) is 51.0 Å². The zero-order chi connectivity index (χ0) is 11.7. The topological polar surface area (TPSA) is 38.9 Å². The third-order valence-electron chi connectivity index (χ3n) is 2.53. The van der Waals surface area contributed by atoms with E-state index >= 15 is 0 Å². The second-order valence-corrected chi connectivity index (χ2v) is 5.43.